The van der Waals surface area contributed by atoms with Gasteiger partial charge in [0, 0.05) is 25.9 Å². The van der Waals surface area contributed by atoms with Gasteiger partial charge in [0.1, 0.15) is 5.82 Å². The van der Waals surface area contributed by atoms with Crippen molar-refractivity contribution in [3.05, 3.63) is 34.5 Å². The van der Waals surface area contributed by atoms with Gasteiger partial charge in [-0.25, -0.2) is 9.97 Å². The summed E-state index contributed by atoms with van der Waals surface area (Å²) in [6.45, 7) is 3.95. The van der Waals surface area contributed by atoms with Crippen LogP contribution < -0.4 is 10.1 Å². The molecule has 0 saturated heterocycles. The number of hydrogen-bond acceptors (Lipinski definition) is 5. The Morgan fingerprint density at radius 1 is 1.37 bits per heavy atom. The van der Waals surface area contributed by atoms with Gasteiger partial charge >= 0.3 is 0 Å². The second-order valence-electron chi connectivity index (χ2n) is 3.96. The average molecular weight is 326 g/mol. The summed E-state index contributed by atoms with van der Waals surface area (Å²) in [5.74, 6) is 1.54. The van der Waals surface area contributed by atoms with Crippen LogP contribution in [0.25, 0.3) is 0 Å². The molecule has 0 atom stereocenters. The Morgan fingerprint density at radius 3 is 2.79 bits per heavy atom. The molecule has 0 unspecified atom stereocenters. The summed E-state index contributed by atoms with van der Waals surface area (Å²) in [5.41, 5.74) is 1.10. The number of nitrogens with one attached hydrogen (secondary N) is 1. The van der Waals surface area contributed by atoms with Crippen LogP contribution in [0.1, 0.15) is 18.3 Å². The van der Waals surface area contributed by atoms with Crippen LogP contribution in [0.2, 0.25) is 0 Å². The van der Waals surface area contributed by atoms with Crippen LogP contribution in [0.15, 0.2) is 23.1 Å². The van der Waals surface area contributed by atoms with Gasteiger partial charge in [-0.2, -0.15) is 0 Å². The predicted octanol–water partition coefficient (Wildman–Crippen LogP) is 1.66. The molecule has 102 valence electrons. The van der Waals surface area contributed by atoms with E-state index in [1.165, 1.54) is 0 Å². The van der Waals surface area contributed by atoms with Crippen LogP contribution in [0.5, 0.6) is 5.88 Å². The Labute approximate surface area is 120 Å². The van der Waals surface area contributed by atoms with Gasteiger partial charge in [-0.05, 0) is 28.4 Å². The monoisotopic (exact) mass is 325 g/mol. The lowest BCUT2D eigenvalue weighted by Crippen LogP contribution is -2.16. The normalized spacial score (nSPS) is 10.7. The number of ether oxygens (including phenoxy) is 1. The SMILES string of the molecule is CCOc1ccc(CNCc2nc(Br)nn2C)cn1. The minimum atomic E-state index is 0.606. The van der Waals surface area contributed by atoms with Crippen molar-refractivity contribution in [2.75, 3.05) is 6.61 Å². The summed E-state index contributed by atoms with van der Waals surface area (Å²) in [4.78, 5) is 8.46. The van der Waals surface area contributed by atoms with Gasteiger partial charge in [0.2, 0.25) is 10.6 Å². The highest BCUT2D eigenvalue weighted by atomic mass is 79.9. The van der Waals surface area contributed by atoms with Crippen molar-refractivity contribution in [1.82, 2.24) is 25.1 Å². The first-order valence-electron chi connectivity index (χ1n) is 6.03. The number of aryl methyl sites for hydroxylation is 1. The molecule has 0 aliphatic carbocycles. The van der Waals surface area contributed by atoms with Gasteiger partial charge in [-0.3, -0.25) is 4.68 Å². The molecule has 0 aromatic carbocycles. The van der Waals surface area contributed by atoms with E-state index >= 15 is 0 Å². The lowest BCUT2D eigenvalue weighted by Gasteiger charge is -2.05. The van der Waals surface area contributed by atoms with Gasteiger partial charge in [-0.1, -0.05) is 6.07 Å². The van der Waals surface area contributed by atoms with Crippen LogP contribution in [-0.4, -0.2) is 26.4 Å². The Kier molecular flexibility index (Phi) is 4.86. The zero-order valence-corrected chi connectivity index (χ0v) is 12.5. The fourth-order valence-corrected chi connectivity index (χ4v) is 2.05. The number of nitrogens with zero attached hydrogens (tertiary/aromatic N) is 4. The van der Waals surface area contributed by atoms with Gasteiger partial charge in [0.25, 0.3) is 0 Å². The van der Waals surface area contributed by atoms with E-state index in [0.717, 1.165) is 17.9 Å². The summed E-state index contributed by atoms with van der Waals surface area (Å²) in [6.07, 6.45) is 1.81. The number of hydrogen-bond donors (Lipinski definition) is 1. The molecule has 19 heavy (non-hydrogen) atoms. The molecular formula is C12H16BrN5O. The minimum Gasteiger partial charge on any atom is -0.478 e. The molecule has 0 radical (unpaired) electrons. The molecule has 0 saturated carbocycles. The number of halogens is 1. The first-order valence-corrected chi connectivity index (χ1v) is 6.82. The Balaban J connectivity index is 1.83. The van der Waals surface area contributed by atoms with Crippen molar-refractivity contribution in [2.45, 2.75) is 20.0 Å². The lowest BCUT2D eigenvalue weighted by molar-refractivity contribution is 0.326. The van der Waals surface area contributed by atoms with Crippen molar-refractivity contribution in [3.8, 4) is 5.88 Å². The Hall–Kier alpha value is -1.47. The van der Waals surface area contributed by atoms with Crippen LogP contribution >= 0.6 is 15.9 Å². The summed E-state index contributed by atoms with van der Waals surface area (Å²) < 4.78 is 7.64. The predicted molar refractivity (Wildman–Crippen MR) is 74.7 cm³/mol. The van der Waals surface area contributed by atoms with Crippen molar-refractivity contribution >= 4 is 15.9 Å². The number of pyridine rings is 1. The van der Waals surface area contributed by atoms with Gasteiger partial charge in [0.15, 0.2) is 0 Å². The standard InChI is InChI=1S/C12H16BrN5O/c1-3-19-11-5-4-9(7-15-11)6-14-8-10-16-12(13)17-18(10)2/h4-5,7,14H,3,6,8H2,1-2H3. The van der Waals surface area contributed by atoms with E-state index in [1.807, 2.05) is 32.3 Å². The third-order valence-corrected chi connectivity index (χ3v) is 2.87. The molecule has 0 amide bonds. The third kappa shape index (κ3) is 4.00. The van der Waals surface area contributed by atoms with E-state index in [-0.39, 0.29) is 0 Å². The van der Waals surface area contributed by atoms with E-state index < -0.39 is 0 Å². The highest BCUT2D eigenvalue weighted by molar-refractivity contribution is 9.10. The molecule has 2 aromatic heterocycles. The maximum absolute atomic E-state index is 5.29. The number of aromatic nitrogens is 4. The zero-order valence-electron chi connectivity index (χ0n) is 10.9. The van der Waals surface area contributed by atoms with E-state index in [9.17, 15) is 0 Å². The molecule has 0 aliphatic rings. The molecule has 2 rings (SSSR count). The summed E-state index contributed by atoms with van der Waals surface area (Å²) in [5, 5.41) is 7.42. The summed E-state index contributed by atoms with van der Waals surface area (Å²) in [7, 11) is 1.87. The molecular weight excluding hydrogens is 310 g/mol. The minimum absolute atomic E-state index is 0.606. The number of rotatable bonds is 6. The van der Waals surface area contributed by atoms with Crippen LogP contribution in [0.3, 0.4) is 0 Å². The maximum atomic E-state index is 5.29. The van der Waals surface area contributed by atoms with Gasteiger partial charge in [0.05, 0.1) is 13.2 Å². The summed E-state index contributed by atoms with van der Waals surface area (Å²) >= 11 is 3.25. The average Bonchev–Trinajstić information content (AvgIpc) is 2.71. The van der Waals surface area contributed by atoms with Gasteiger partial charge in [-0.15, -0.1) is 5.10 Å². The second kappa shape index (κ2) is 6.63. The molecule has 0 bridgehead atoms. The largest absolute Gasteiger partial charge is 0.478 e. The first-order chi connectivity index (χ1) is 9.19. The summed E-state index contributed by atoms with van der Waals surface area (Å²) in [6, 6.07) is 3.87. The topological polar surface area (TPSA) is 64.9 Å². The van der Waals surface area contributed by atoms with E-state index in [0.29, 0.717) is 23.8 Å². The molecule has 1 N–H and O–H groups in total. The highest BCUT2D eigenvalue weighted by Gasteiger charge is 2.04. The molecule has 0 spiro atoms. The Morgan fingerprint density at radius 2 is 2.21 bits per heavy atom. The van der Waals surface area contributed by atoms with Crippen molar-refractivity contribution in [1.29, 1.82) is 0 Å². The fourth-order valence-electron chi connectivity index (χ4n) is 1.60. The smallest absolute Gasteiger partial charge is 0.217 e. The lowest BCUT2D eigenvalue weighted by atomic mass is 10.3. The van der Waals surface area contributed by atoms with E-state index in [1.54, 1.807) is 4.68 Å². The second-order valence-corrected chi connectivity index (χ2v) is 4.67. The highest BCUT2D eigenvalue weighted by Crippen LogP contribution is 2.08. The molecule has 2 heterocycles. The van der Waals surface area contributed by atoms with Crippen molar-refractivity contribution < 1.29 is 4.74 Å². The van der Waals surface area contributed by atoms with Crippen molar-refractivity contribution in [3.63, 3.8) is 0 Å². The van der Waals surface area contributed by atoms with E-state index in [4.69, 9.17) is 4.74 Å². The molecule has 0 fully saturated rings. The van der Waals surface area contributed by atoms with Crippen LogP contribution in [0, 0.1) is 0 Å². The van der Waals surface area contributed by atoms with Crippen LogP contribution in [-0.2, 0) is 20.1 Å². The molecule has 0 aliphatic heterocycles. The first kappa shape index (κ1) is 14.0. The Bertz CT molecular complexity index is 525. The quantitative estimate of drug-likeness (QED) is 0.875. The van der Waals surface area contributed by atoms with Crippen molar-refractivity contribution in [2.24, 2.45) is 7.05 Å². The molecule has 2 aromatic rings. The van der Waals surface area contributed by atoms with Gasteiger partial charge < -0.3 is 10.1 Å². The molecule has 7 heteroatoms. The molecule has 6 nitrogen and oxygen atoms in total. The third-order valence-electron chi connectivity index (χ3n) is 2.53. The maximum Gasteiger partial charge on any atom is 0.217 e. The van der Waals surface area contributed by atoms with E-state index in [2.05, 4.69) is 36.3 Å². The fraction of sp³-hybridized carbons (Fsp3) is 0.417. The zero-order chi connectivity index (χ0) is 13.7. The van der Waals surface area contributed by atoms with Crippen LogP contribution in [0.4, 0.5) is 0 Å².